The summed E-state index contributed by atoms with van der Waals surface area (Å²) in [5, 5.41) is 3.53. The molecule has 2 aliphatic carbocycles. The van der Waals surface area contributed by atoms with E-state index in [0.29, 0.717) is 12.0 Å². The van der Waals surface area contributed by atoms with Crippen LogP contribution in [0.15, 0.2) is 0 Å². The van der Waals surface area contributed by atoms with Crippen LogP contribution in [0, 0.1) is 12.8 Å². The van der Waals surface area contributed by atoms with Crippen molar-refractivity contribution in [2.75, 3.05) is 10.7 Å². The Hall–Kier alpha value is -1.36. The minimum atomic E-state index is 0.457. The minimum Gasteiger partial charge on any atom is -0.367 e. The fraction of sp³-hybridized carbons (Fsp3) is 0.714. The van der Waals surface area contributed by atoms with Gasteiger partial charge >= 0.3 is 0 Å². The lowest BCUT2D eigenvalue weighted by atomic mass is 10.1. The fourth-order valence-corrected chi connectivity index (χ4v) is 2.48. The maximum Gasteiger partial charge on any atom is 0.148 e. The summed E-state index contributed by atoms with van der Waals surface area (Å²) in [4.78, 5) is 9.20. The molecule has 1 atom stereocenters. The molecule has 5 heteroatoms. The highest BCUT2D eigenvalue weighted by atomic mass is 15.3. The maximum atomic E-state index is 5.56. The smallest absolute Gasteiger partial charge is 0.148 e. The summed E-state index contributed by atoms with van der Waals surface area (Å²) in [7, 11) is 0. The minimum absolute atomic E-state index is 0.457. The van der Waals surface area contributed by atoms with Crippen LogP contribution in [-0.4, -0.2) is 16.0 Å². The molecular weight excluding hydrogens is 238 g/mol. The van der Waals surface area contributed by atoms with E-state index in [-0.39, 0.29) is 0 Å². The van der Waals surface area contributed by atoms with Gasteiger partial charge < -0.3 is 10.7 Å². The second kappa shape index (κ2) is 4.96. The van der Waals surface area contributed by atoms with Gasteiger partial charge in [0.1, 0.15) is 17.5 Å². The van der Waals surface area contributed by atoms with Gasteiger partial charge in [0.05, 0.1) is 0 Å². The number of nitrogen functional groups attached to an aromatic ring is 1. The average molecular weight is 261 g/mol. The van der Waals surface area contributed by atoms with Crippen molar-refractivity contribution >= 4 is 11.6 Å². The van der Waals surface area contributed by atoms with Crippen LogP contribution >= 0.6 is 0 Å². The standard InChI is InChI=1S/C14H23N5/c1-8(7-10-3-4-10)16-12-9(2)13(19-15)18-14(17-12)11-5-6-11/h8,10-11H,3-7,15H2,1-2H3,(H2,16,17,18,19). The summed E-state index contributed by atoms with van der Waals surface area (Å²) in [6, 6.07) is 0.457. The molecule has 0 aromatic carbocycles. The van der Waals surface area contributed by atoms with Gasteiger partial charge in [-0.3, -0.25) is 0 Å². The second-order valence-electron chi connectivity index (χ2n) is 6.05. The van der Waals surface area contributed by atoms with E-state index < -0.39 is 0 Å². The van der Waals surface area contributed by atoms with Gasteiger partial charge in [0.25, 0.3) is 0 Å². The molecule has 0 bridgehead atoms. The molecule has 3 rings (SSSR count). The van der Waals surface area contributed by atoms with E-state index in [1.165, 1.54) is 32.1 Å². The molecule has 1 aromatic rings. The summed E-state index contributed by atoms with van der Waals surface area (Å²) >= 11 is 0. The number of hydrazine groups is 1. The number of nitrogens with one attached hydrogen (secondary N) is 2. The van der Waals surface area contributed by atoms with Crippen LogP contribution in [0.3, 0.4) is 0 Å². The normalized spacial score (nSPS) is 20.2. The molecule has 4 N–H and O–H groups in total. The van der Waals surface area contributed by atoms with Crippen molar-refractivity contribution in [1.82, 2.24) is 9.97 Å². The third-order valence-corrected chi connectivity index (χ3v) is 4.01. The number of anilines is 2. The van der Waals surface area contributed by atoms with Gasteiger partial charge in [-0.1, -0.05) is 12.8 Å². The van der Waals surface area contributed by atoms with E-state index in [0.717, 1.165) is 28.9 Å². The Labute approximate surface area is 114 Å². The summed E-state index contributed by atoms with van der Waals surface area (Å²) in [6.07, 6.45) is 6.40. The lowest BCUT2D eigenvalue weighted by Gasteiger charge is -2.18. The van der Waals surface area contributed by atoms with Crippen molar-refractivity contribution in [3.05, 3.63) is 11.4 Å². The van der Waals surface area contributed by atoms with Crippen molar-refractivity contribution < 1.29 is 0 Å². The largest absolute Gasteiger partial charge is 0.367 e. The molecule has 0 saturated heterocycles. The van der Waals surface area contributed by atoms with E-state index in [9.17, 15) is 0 Å². The van der Waals surface area contributed by atoms with Gasteiger partial charge in [-0.2, -0.15) is 0 Å². The van der Waals surface area contributed by atoms with Crippen LogP contribution in [-0.2, 0) is 0 Å². The Morgan fingerprint density at radius 2 is 1.89 bits per heavy atom. The third kappa shape index (κ3) is 2.97. The number of rotatable bonds is 6. The van der Waals surface area contributed by atoms with Crippen LogP contribution in [0.2, 0.25) is 0 Å². The van der Waals surface area contributed by atoms with Crippen molar-refractivity contribution in [2.24, 2.45) is 11.8 Å². The van der Waals surface area contributed by atoms with Gasteiger partial charge in [-0.05, 0) is 39.0 Å². The van der Waals surface area contributed by atoms with E-state index in [4.69, 9.17) is 10.8 Å². The molecule has 1 aromatic heterocycles. The van der Waals surface area contributed by atoms with Gasteiger partial charge in [0.2, 0.25) is 0 Å². The van der Waals surface area contributed by atoms with Crippen molar-refractivity contribution in [1.29, 1.82) is 0 Å². The molecule has 2 saturated carbocycles. The zero-order chi connectivity index (χ0) is 13.4. The van der Waals surface area contributed by atoms with Gasteiger partial charge in [0.15, 0.2) is 0 Å². The first-order valence-corrected chi connectivity index (χ1v) is 7.29. The number of nitrogens with zero attached hydrogens (tertiary/aromatic N) is 2. The molecule has 1 unspecified atom stereocenters. The number of hydrogen-bond acceptors (Lipinski definition) is 5. The van der Waals surface area contributed by atoms with Crippen LogP contribution in [0.5, 0.6) is 0 Å². The Morgan fingerprint density at radius 3 is 2.47 bits per heavy atom. The predicted octanol–water partition coefficient (Wildman–Crippen LogP) is 2.55. The van der Waals surface area contributed by atoms with Crippen LogP contribution in [0.4, 0.5) is 11.6 Å². The molecule has 0 spiro atoms. The highest BCUT2D eigenvalue weighted by molar-refractivity contribution is 5.57. The second-order valence-corrected chi connectivity index (χ2v) is 6.05. The molecule has 0 radical (unpaired) electrons. The van der Waals surface area contributed by atoms with E-state index in [1.807, 2.05) is 6.92 Å². The van der Waals surface area contributed by atoms with Crippen molar-refractivity contribution in [3.8, 4) is 0 Å². The topological polar surface area (TPSA) is 75.9 Å². The number of aromatic nitrogens is 2. The maximum absolute atomic E-state index is 5.56. The zero-order valence-corrected chi connectivity index (χ0v) is 11.7. The SMILES string of the molecule is Cc1c(NN)nc(C2CC2)nc1NC(C)CC1CC1. The number of nitrogens with two attached hydrogens (primary N) is 1. The van der Waals surface area contributed by atoms with E-state index >= 15 is 0 Å². The average Bonchev–Trinajstić information content (AvgIpc) is 3.24. The summed E-state index contributed by atoms with van der Waals surface area (Å²) in [6.45, 7) is 4.24. The predicted molar refractivity (Wildman–Crippen MR) is 77.0 cm³/mol. The van der Waals surface area contributed by atoms with E-state index in [2.05, 4.69) is 22.7 Å². The van der Waals surface area contributed by atoms with Crippen LogP contribution < -0.4 is 16.6 Å². The molecule has 0 amide bonds. The van der Waals surface area contributed by atoms with Gasteiger partial charge in [-0.25, -0.2) is 15.8 Å². The molecule has 19 heavy (non-hydrogen) atoms. The highest BCUT2D eigenvalue weighted by Gasteiger charge is 2.29. The first-order chi connectivity index (χ1) is 9.17. The third-order valence-electron chi connectivity index (χ3n) is 4.01. The Bertz CT molecular complexity index is 465. The number of hydrogen-bond donors (Lipinski definition) is 3. The first kappa shape index (κ1) is 12.7. The first-order valence-electron chi connectivity index (χ1n) is 7.29. The lowest BCUT2D eigenvalue weighted by Crippen LogP contribution is -2.20. The molecule has 0 aliphatic heterocycles. The van der Waals surface area contributed by atoms with Crippen molar-refractivity contribution in [3.63, 3.8) is 0 Å². The lowest BCUT2D eigenvalue weighted by molar-refractivity contribution is 0.638. The Morgan fingerprint density at radius 1 is 1.21 bits per heavy atom. The molecule has 104 valence electrons. The summed E-state index contributed by atoms with van der Waals surface area (Å²) in [5.41, 5.74) is 3.70. The zero-order valence-electron chi connectivity index (χ0n) is 11.7. The fourth-order valence-electron chi connectivity index (χ4n) is 2.48. The van der Waals surface area contributed by atoms with Crippen LogP contribution in [0.1, 0.15) is 56.3 Å². The molecule has 2 fully saturated rings. The molecule has 5 nitrogen and oxygen atoms in total. The van der Waals surface area contributed by atoms with Gasteiger partial charge in [0, 0.05) is 17.5 Å². The monoisotopic (exact) mass is 261 g/mol. The Balaban J connectivity index is 1.78. The summed E-state index contributed by atoms with van der Waals surface area (Å²) < 4.78 is 0. The highest BCUT2D eigenvalue weighted by Crippen LogP contribution is 2.40. The molecule has 2 aliphatic rings. The Kier molecular flexibility index (Phi) is 3.31. The molecule has 1 heterocycles. The van der Waals surface area contributed by atoms with E-state index in [1.54, 1.807) is 0 Å². The molecular formula is C14H23N5. The van der Waals surface area contributed by atoms with Crippen molar-refractivity contribution in [2.45, 2.75) is 57.9 Å². The van der Waals surface area contributed by atoms with Crippen LogP contribution in [0.25, 0.3) is 0 Å². The summed E-state index contributed by atoms with van der Waals surface area (Å²) in [5.74, 6) is 9.63. The van der Waals surface area contributed by atoms with Gasteiger partial charge in [-0.15, -0.1) is 0 Å². The quantitative estimate of drug-likeness (QED) is 0.542.